The van der Waals surface area contributed by atoms with E-state index < -0.39 is 17.4 Å². The maximum atomic E-state index is 12.6. The maximum absolute atomic E-state index is 12.6. The van der Waals surface area contributed by atoms with E-state index in [1.807, 2.05) is 44.2 Å². The molecule has 3 N–H and O–H groups in total. The Kier molecular flexibility index (Phi) is 6.02. The molecule has 0 saturated heterocycles. The van der Waals surface area contributed by atoms with Gasteiger partial charge >= 0.3 is 11.8 Å². The number of aliphatic hydroxyl groups is 1. The first-order valence-electron chi connectivity index (χ1n) is 11.1. The van der Waals surface area contributed by atoms with Gasteiger partial charge in [-0.25, -0.2) is 0 Å². The third-order valence-corrected chi connectivity index (χ3v) is 6.16. The Bertz CT molecular complexity index is 1040. The van der Waals surface area contributed by atoms with Crippen molar-refractivity contribution in [1.29, 1.82) is 0 Å². The van der Waals surface area contributed by atoms with Crippen LogP contribution < -0.4 is 15.5 Å². The molecular formula is C25H29N3O4. The third-order valence-electron chi connectivity index (χ3n) is 6.16. The van der Waals surface area contributed by atoms with Gasteiger partial charge < -0.3 is 20.6 Å². The lowest BCUT2D eigenvalue weighted by atomic mass is 9.99. The van der Waals surface area contributed by atoms with Crippen LogP contribution in [-0.2, 0) is 33.6 Å². The van der Waals surface area contributed by atoms with Gasteiger partial charge in [0.05, 0.1) is 5.60 Å². The van der Waals surface area contributed by atoms with Gasteiger partial charge in [0.2, 0.25) is 5.91 Å². The van der Waals surface area contributed by atoms with E-state index in [2.05, 4.69) is 10.6 Å². The number of fused-ring (bicyclic) bond motifs is 2. The minimum atomic E-state index is -1.09. The molecule has 0 atom stereocenters. The number of nitrogens with one attached hydrogen (secondary N) is 2. The molecule has 0 unspecified atom stereocenters. The zero-order valence-electron chi connectivity index (χ0n) is 18.5. The summed E-state index contributed by atoms with van der Waals surface area (Å²) in [5.41, 5.74) is 3.32. The topological polar surface area (TPSA) is 98.7 Å². The fraction of sp³-hybridized carbons (Fsp3) is 0.400. The second kappa shape index (κ2) is 8.74. The molecular weight excluding hydrogens is 406 g/mol. The van der Waals surface area contributed by atoms with Crippen molar-refractivity contribution in [2.45, 2.75) is 45.1 Å². The number of anilines is 2. The van der Waals surface area contributed by atoms with Gasteiger partial charge in [-0.05, 0) is 41.7 Å². The quantitative estimate of drug-likeness (QED) is 0.642. The molecule has 2 aliphatic rings. The number of benzene rings is 2. The molecule has 0 bridgehead atoms. The van der Waals surface area contributed by atoms with Crippen LogP contribution in [-0.4, -0.2) is 41.5 Å². The summed E-state index contributed by atoms with van der Waals surface area (Å²) in [7, 11) is 0. The highest BCUT2D eigenvalue weighted by molar-refractivity contribution is 6.39. The Labute approximate surface area is 187 Å². The highest BCUT2D eigenvalue weighted by atomic mass is 16.3. The van der Waals surface area contributed by atoms with E-state index in [1.165, 1.54) is 0 Å². The lowest BCUT2D eigenvalue weighted by molar-refractivity contribution is -0.136. The van der Waals surface area contributed by atoms with Crippen LogP contribution in [0.15, 0.2) is 42.5 Å². The van der Waals surface area contributed by atoms with Gasteiger partial charge in [0.25, 0.3) is 0 Å². The highest BCUT2D eigenvalue weighted by Crippen LogP contribution is 2.31. The van der Waals surface area contributed by atoms with Gasteiger partial charge in [-0.15, -0.1) is 0 Å². The van der Waals surface area contributed by atoms with Crippen molar-refractivity contribution >= 4 is 29.1 Å². The largest absolute Gasteiger partial charge is 0.387 e. The molecule has 32 heavy (non-hydrogen) atoms. The van der Waals surface area contributed by atoms with Crippen molar-refractivity contribution in [3.8, 4) is 0 Å². The second-order valence-electron chi connectivity index (χ2n) is 9.08. The summed E-state index contributed by atoms with van der Waals surface area (Å²) in [6.07, 6.45) is 2.64. The fourth-order valence-corrected chi connectivity index (χ4v) is 4.50. The molecule has 0 aromatic heterocycles. The van der Waals surface area contributed by atoms with Crippen molar-refractivity contribution in [3.63, 3.8) is 0 Å². The fourth-order valence-electron chi connectivity index (χ4n) is 4.50. The standard InChI is InChI=1S/C25H29N3O4/c1-16(2)24(31)28-11-5-8-17-9-10-20(12-21(17)28)27-23(30)22(29)26-15-25(32)13-18-6-3-4-7-19(18)14-25/h3-4,6-7,9-10,12,16,32H,5,8,11,13-15H2,1-2H3,(H,26,29)(H,27,30). The van der Waals surface area contributed by atoms with E-state index in [0.717, 1.165) is 35.2 Å². The normalized spacial score (nSPS) is 16.3. The SMILES string of the molecule is CC(C)C(=O)N1CCCc2ccc(NC(=O)C(=O)NCC3(O)Cc4ccccc4C3)cc21. The summed E-state index contributed by atoms with van der Waals surface area (Å²) in [4.78, 5) is 39.1. The monoisotopic (exact) mass is 435 g/mol. The van der Waals surface area contributed by atoms with E-state index in [4.69, 9.17) is 0 Å². The molecule has 4 rings (SSSR count). The molecule has 0 radical (unpaired) electrons. The van der Waals surface area contributed by atoms with Crippen LogP contribution in [0, 0.1) is 5.92 Å². The first kappa shape index (κ1) is 22.0. The van der Waals surface area contributed by atoms with Crippen LogP contribution in [0.4, 0.5) is 11.4 Å². The minimum absolute atomic E-state index is 0.00517. The summed E-state index contributed by atoms with van der Waals surface area (Å²) in [6.45, 7) is 4.37. The number of hydrogen-bond acceptors (Lipinski definition) is 4. The molecule has 1 heterocycles. The molecule has 7 heteroatoms. The first-order valence-corrected chi connectivity index (χ1v) is 11.1. The van der Waals surface area contributed by atoms with Crippen molar-refractivity contribution in [1.82, 2.24) is 5.32 Å². The van der Waals surface area contributed by atoms with Gasteiger partial charge in [0, 0.05) is 43.2 Å². The number of hydrogen-bond donors (Lipinski definition) is 3. The Balaban J connectivity index is 1.38. The molecule has 0 saturated carbocycles. The van der Waals surface area contributed by atoms with E-state index in [-0.39, 0.29) is 18.4 Å². The summed E-state index contributed by atoms with van der Waals surface area (Å²) < 4.78 is 0. The van der Waals surface area contributed by atoms with Gasteiger partial charge in [-0.3, -0.25) is 14.4 Å². The van der Waals surface area contributed by atoms with Crippen molar-refractivity contribution in [2.24, 2.45) is 5.92 Å². The van der Waals surface area contributed by atoms with Crippen molar-refractivity contribution in [3.05, 3.63) is 59.2 Å². The van der Waals surface area contributed by atoms with Crippen molar-refractivity contribution < 1.29 is 19.5 Å². The van der Waals surface area contributed by atoms with Gasteiger partial charge in [0.15, 0.2) is 0 Å². The van der Waals surface area contributed by atoms with Crippen LogP contribution in [0.25, 0.3) is 0 Å². The Morgan fingerprint density at radius 2 is 1.72 bits per heavy atom. The summed E-state index contributed by atoms with van der Waals surface area (Å²) in [5.74, 6) is -1.70. The van der Waals surface area contributed by atoms with Crippen molar-refractivity contribution in [2.75, 3.05) is 23.3 Å². The first-order chi connectivity index (χ1) is 15.3. The predicted molar refractivity (Wildman–Crippen MR) is 122 cm³/mol. The molecule has 2 aromatic rings. The van der Waals surface area contributed by atoms with Gasteiger partial charge in [-0.2, -0.15) is 0 Å². The highest BCUT2D eigenvalue weighted by Gasteiger charge is 2.35. The average Bonchev–Trinajstić information content (AvgIpc) is 3.12. The van der Waals surface area contributed by atoms with Crippen LogP contribution >= 0.6 is 0 Å². The number of carbonyl (C=O) groups is 3. The van der Waals surface area contributed by atoms with Gasteiger partial charge in [-0.1, -0.05) is 44.2 Å². The van der Waals surface area contributed by atoms with Crippen LogP contribution in [0.1, 0.15) is 37.0 Å². The van der Waals surface area contributed by atoms with E-state index >= 15 is 0 Å². The van der Waals surface area contributed by atoms with E-state index in [1.54, 1.807) is 17.0 Å². The zero-order valence-corrected chi connectivity index (χ0v) is 18.5. The Hall–Kier alpha value is -3.19. The predicted octanol–water partition coefficient (Wildman–Crippen LogP) is 2.21. The number of aryl methyl sites for hydroxylation is 1. The van der Waals surface area contributed by atoms with Crippen LogP contribution in [0.5, 0.6) is 0 Å². The number of rotatable bonds is 4. The average molecular weight is 436 g/mol. The van der Waals surface area contributed by atoms with Crippen LogP contribution in [0.3, 0.4) is 0 Å². The smallest absolute Gasteiger partial charge is 0.313 e. The molecule has 2 aromatic carbocycles. The summed E-state index contributed by atoms with van der Waals surface area (Å²) in [5, 5.41) is 16.0. The van der Waals surface area contributed by atoms with Gasteiger partial charge in [0.1, 0.15) is 0 Å². The molecule has 3 amide bonds. The molecule has 168 valence electrons. The Morgan fingerprint density at radius 1 is 1.03 bits per heavy atom. The van der Waals surface area contributed by atoms with E-state index in [9.17, 15) is 19.5 Å². The Morgan fingerprint density at radius 3 is 2.38 bits per heavy atom. The number of amides is 3. The number of carbonyl (C=O) groups excluding carboxylic acids is 3. The molecule has 1 aliphatic heterocycles. The summed E-state index contributed by atoms with van der Waals surface area (Å²) >= 11 is 0. The second-order valence-corrected chi connectivity index (χ2v) is 9.08. The zero-order chi connectivity index (χ0) is 22.9. The molecule has 7 nitrogen and oxygen atoms in total. The molecule has 0 spiro atoms. The van der Waals surface area contributed by atoms with Crippen LogP contribution in [0.2, 0.25) is 0 Å². The number of nitrogens with zero attached hydrogens (tertiary/aromatic N) is 1. The molecule has 0 fully saturated rings. The van der Waals surface area contributed by atoms with E-state index in [0.29, 0.717) is 25.1 Å². The molecule has 1 aliphatic carbocycles. The maximum Gasteiger partial charge on any atom is 0.313 e. The lowest BCUT2D eigenvalue weighted by Crippen LogP contribution is -2.46. The summed E-state index contributed by atoms with van der Waals surface area (Å²) in [6, 6.07) is 13.2. The third kappa shape index (κ3) is 4.53. The lowest BCUT2D eigenvalue weighted by Gasteiger charge is -2.31. The minimum Gasteiger partial charge on any atom is -0.387 e.